The average Bonchev–Trinajstić information content (AvgIpc) is 2.98. The van der Waals surface area contributed by atoms with Crippen molar-refractivity contribution in [2.45, 2.75) is 12.2 Å². The van der Waals surface area contributed by atoms with Crippen molar-refractivity contribution in [2.75, 3.05) is 27.5 Å². The maximum absolute atomic E-state index is 11.9. The van der Waals surface area contributed by atoms with Crippen molar-refractivity contribution in [3.05, 3.63) is 35.5 Å². The number of hydrogen-bond donors (Lipinski definition) is 2. The predicted molar refractivity (Wildman–Crippen MR) is 82.2 cm³/mol. The fourth-order valence-electron chi connectivity index (χ4n) is 1.79. The highest BCUT2D eigenvalue weighted by molar-refractivity contribution is 7.88. The largest absolute Gasteiger partial charge is 0.361 e. The highest BCUT2D eigenvalue weighted by Crippen LogP contribution is 2.21. The molecule has 1 aromatic heterocycles. The number of hydrogen-bond acceptors (Lipinski definition) is 3. The summed E-state index contributed by atoms with van der Waals surface area (Å²) in [7, 11) is -2.61. The number of fused-ring (bicyclic) bond motifs is 1. The topological polar surface area (TPSA) is 65.2 Å². The predicted octanol–water partition coefficient (Wildman–Crippen LogP) is 1.32. The first-order valence-corrected chi connectivity index (χ1v) is 7.53. The molecule has 0 aliphatic rings. The molecule has 0 aliphatic heterocycles. The lowest BCUT2D eigenvalue weighted by atomic mass is 10.1. The Hall–Kier alpha value is -1.37. The second kappa shape index (κ2) is 5.95. The molecule has 5 nitrogen and oxygen atoms in total. The standard InChI is InChI=1S/C14H21N3O2S/c1-15-20(18,19)10-11-4-5-14-13(8-11)12(9-16-14)6-7-17(2)3/h4-5,8-9,15-16H,6-7,10H2,1-3H3/i2D3,3D3,4D,5D,8D. The van der Waals surface area contributed by atoms with Crippen LogP contribution in [-0.4, -0.2) is 45.8 Å². The van der Waals surface area contributed by atoms with E-state index in [1.165, 1.54) is 13.2 Å². The summed E-state index contributed by atoms with van der Waals surface area (Å²) in [6.45, 7) is -6.09. The van der Waals surface area contributed by atoms with Gasteiger partial charge in [0.05, 0.1) is 9.87 Å². The highest BCUT2D eigenvalue weighted by atomic mass is 32.2. The Kier molecular flexibility index (Phi) is 2.10. The van der Waals surface area contributed by atoms with Crippen molar-refractivity contribution in [2.24, 2.45) is 0 Å². The molecule has 0 amide bonds. The minimum atomic E-state index is -3.80. The molecule has 0 aliphatic carbocycles. The number of likely N-dealkylation sites (N-methyl/N-ethyl adjacent to an activating group) is 1. The monoisotopic (exact) mass is 304 g/mol. The molecular formula is C14H21N3O2S. The third kappa shape index (κ3) is 3.59. The molecule has 0 spiro atoms. The van der Waals surface area contributed by atoms with E-state index in [1.807, 2.05) is 0 Å². The minimum Gasteiger partial charge on any atom is -0.361 e. The molecule has 1 heterocycles. The molecule has 0 radical (unpaired) electrons. The Morgan fingerprint density at radius 2 is 2.25 bits per heavy atom. The molecule has 0 atom stereocenters. The van der Waals surface area contributed by atoms with Gasteiger partial charge in [-0.05, 0) is 50.6 Å². The van der Waals surface area contributed by atoms with E-state index in [0.29, 0.717) is 10.5 Å². The molecule has 2 aromatic rings. The molecule has 6 heteroatoms. The third-order valence-corrected chi connectivity index (χ3v) is 4.12. The van der Waals surface area contributed by atoms with Gasteiger partial charge in [0.2, 0.25) is 10.0 Å². The summed E-state index contributed by atoms with van der Waals surface area (Å²) >= 11 is 0. The molecular weight excluding hydrogens is 274 g/mol. The first-order valence-electron chi connectivity index (χ1n) is 10.4. The van der Waals surface area contributed by atoms with Gasteiger partial charge in [-0.1, -0.05) is 6.04 Å². The van der Waals surface area contributed by atoms with Crippen LogP contribution < -0.4 is 4.72 Å². The molecule has 1 aromatic carbocycles. The minimum absolute atomic E-state index is 0.0718. The van der Waals surface area contributed by atoms with Gasteiger partial charge in [-0.2, -0.15) is 0 Å². The number of benzene rings is 1. The Balaban J connectivity index is 2.53. The molecule has 0 bridgehead atoms. The zero-order valence-electron chi connectivity index (χ0n) is 19.9. The average molecular weight is 304 g/mol. The number of H-pyrrole nitrogens is 1. The van der Waals surface area contributed by atoms with Gasteiger partial charge < -0.3 is 9.88 Å². The van der Waals surface area contributed by atoms with Crippen molar-refractivity contribution < 1.29 is 20.8 Å². The van der Waals surface area contributed by atoms with Crippen molar-refractivity contribution in [1.82, 2.24) is 14.6 Å². The molecule has 20 heavy (non-hydrogen) atoms. The van der Waals surface area contributed by atoms with E-state index in [9.17, 15) is 8.42 Å². The molecule has 0 saturated heterocycles. The lowest BCUT2D eigenvalue weighted by Gasteiger charge is -2.08. The van der Waals surface area contributed by atoms with Crippen LogP contribution in [0.4, 0.5) is 0 Å². The number of aromatic amines is 1. The van der Waals surface area contributed by atoms with Gasteiger partial charge in [-0.15, -0.1) is 0 Å². The van der Waals surface area contributed by atoms with Crippen LogP contribution in [0.3, 0.4) is 0 Å². The molecule has 0 fully saturated rings. The van der Waals surface area contributed by atoms with Gasteiger partial charge in [0.1, 0.15) is 0 Å². The van der Waals surface area contributed by atoms with Crippen molar-refractivity contribution in [3.8, 4) is 0 Å². The Bertz CT molecular complexity index is 998. The molecule has 2 N–H and O–H groups in total. The van der Waals surface area contributed by atoms with Crippen LogP contribution in [0.15, 0.2) is 24.3 Å². The van der Waals surface area contributed by atoms with E-state index in [1.54, 1.807) is 0 Å². The molecule has 2 rings (SSSR count). The lowest BCUT2D eigenvalue weighted by molar-refractivity contribution is 0.414. The zero-order valence-corrected chi connectivity index (χ0v) is 11.7. The molecule has 0 saturated carbocycles. The summed E-state index contributed by atoms with van der Waals surface area (Å²) in [4.78, 5) is 3.14. The van der Waals surface area contributed by atoms with Crippen LogP contribution in [0, 0.1) is 0 Å². The molecule has 110 valence electrons. The summed E-state index contributed by atoms with van der Waals surface area (Å²) < 4.78 is 94.9. The SMILES string of the molecule is [2H]c1c(CS(=O)(=O)NC)c([2H])c2c(CCN(C([2H])([2H])[2H])C([2H])([2H])[2H])c[nH]c2c1[2H]. The summed E-state index contributed by atoms with van der Waals surface area (Å²) in [5, 5.41) is 0.170. The van der Waals surface area contributed by atoms with E-state index in [4.69, 9.17) is 12.3 Å². The van der Waals surface area contributed by atoms with Crippen molar-refractivity contribution >= 4 is 20.9 Å². The first-order chi connectivity index (χ1) is 13.1. The first kappa shape index (κ1) is 7.06. The van der Waals surface area contributed by atoms with Gasteiger partial charge in [-0.25, -0.2) is 13.1 Å². The van der Waals surface area contributed by atoms with E-state index >= 15 is 0 Å². The Morgan fingerprint density at radius 3 is 2.95 bits per heavy atom. The third-order valence-electron chi connectivity index (χ3n) is 2.83. The van der Waals surface area contributed by atoms with Gasteiger partial charge in [0.25, 0.3) is 0 Å². The van der Waals surface area contributed by atoms with E-state index in [0.717, 1.165) is 0 Å². The normalized spacial score (nSPS) is 20.2. The van der Waals surface area contributed by atoms with Gasteiger partial charge in [0.15, 0.2) is 0 Å². The van der Waals surface area contributed by atoms with Gasteiger partial charge in [0, 0.05) is 31.9 Å². The zero-order chi connectivity index (χ0) is 22.4. The number of sulfonamides is 1. The summed E-state index contributed by atoms with van der Waals surface area (Å²) in [6.07, 6.45) is 1.34. The second-order valence-electron chi connectivity index (χ2n) is 4.28. The van der Waals surface area contributed by atoms with Crippen LogP contribution in [0.2, 0.25) is 0 Å². The summed E-state index contributed by atoms with van der Waals surface area (Å²) in [5.74, 6) is -0.662. The number of aromatic nitrogens is 1. The Labute approximate surface area is 132 Å². The lowest BCUT2D eigenvalue weighted by Crippen LogP contribution is -2.20. The Morgan fingerprint density at radius 1 is 1.45 bits per heavy atom. The van der Waals surface area contributed by atoms with E-state index in [-0.39, 0.29) is 41.5 Å². The number of rotatable bonds is 6. The highest BCUT2D eigenvalue weighted by Gasteiger charge is 2.11. The van der Waals surface area contributed by atoms with Crippen LogP contribution in [0.1, 0.15) is 23.5 Å². The maximum Gasteiger partial charge on any atom is 0.215 e. The van der Waals surface area contributed by atoms with E-state index in [2.05, 4.69) is 9.71 Å². The second-order valence-corrected chi connectivity index (χ2v) is 6.21. The molecule has 0 unspecified atom stereocenters. The number of nitrogens with one attached hydrogen (secondary N) is 2. The smallest absolute Gasteiger partial charge is 0.215 e. The maximum atomic E-state index is 11.9. The van der Waals surface area contributed by atoms with Crippen LogP contribution in [-0.2, 0) is 22.2 Å². The van der Waals surface area contributed by atoms with Crippen LogP contribution >= 0.6 is 0 Å². The fourth-order valence-corrected chi connectivity index (χ4v) is 2.46. The van der Waals surface area contributed by atoms with Crippen molar-refractivity contribution in [3.63, 3.8) is 0 Å². The van der Waals surface area contributed by atoms with Crippen molar-refractivity contribution in [1.29, 1.82) is 0 Å². The van der Waals surface area contributed by atoms with Gasteiger partial charge in [-0.3, -0.25) is 0 Å². The fraction of sp³-hybridized carbons (Fsp3) is 0.429. The quantitative estimate of drug-likeness (QED) is 0.846. The van der Waals surface area contributed by atoms with Crippen LogP contribution in [0.25, 0.3) is 10.9 Å². The van der Waals surface area contributed by atoms with Gasteiger partial charge >= 0.3 is 0 Å². The van der Waals surface area contributed by atoms with E-state index < -0.39 is 35.8 Å². The number of nitrogens with zero attached hydrogens (tertiary/aromatic N) is 1. The summed E-state index contributed by atoms with van der Waals surface area (Å²) in [5.41, 5.74) is 0.330. The summed E-state index contributed by atoms with van der Waals surface area (Å²) in [6, 6.07) is -0.973. The van der Waals surface area contributed by atoms with Crippen LogP contribution in [0.5, 0.6) is 0 Å².